The van der Waals surface area contributed by atoms with E-state index in [4.69, 9.17) is 14.2 Å². The molecule has 6 heteroatoms. The first kappa shape index (κ1) is 20.3. The first-order chi connectivity index (χ1) is 12.5. The molecule has 0 bridgehead atoms. The van der Waals surface area contributed by atoms with Crippen LogP contribution in [0.3, 0.4) is 0 Å². The molecule has 0 aliphatic carbocycles. The van der Waals surface area contributed by atoms with Crippen molar-refractivity contribution in [1.29, 1.82) is 0 Å². The molecule has 0 fully saturated rings. The summed E-state index contributed by atoms with van der Waals surface area (Å²) >= 11 is 3.45. The number of hydrogen-bond donors (Lipinski definition) is 1. The molecule has 1 N–H and O–H groups in total. The van der Waals surface area contributed by atoms with Gasteiger partial charge in [-0.3, -0.25) is 0 Å². The van der Waals surface area contributed by atoms with Crippen LogP contribution in [0.1, 0.15) is 41.3 Å². The highest BCUT2D eigenvalue weighted by Gasteiger charge is 2.27. The van der Waals surface area contributed by atoms with Crippen molar-refractivity contribution in [2.75, 3.05) is 13.7 Å². The first-order valence-corrected chi connectivity index (χ1v) is 9.24. The topological polar surface area (TPSA) is 65.0 Å². The van der Waals surface area contributed by atoms with Crippen LogP contribution in [0.25, 0.3) is 0 Å². The Labute approximate surface area is 162 Å². The van der Waals surface area contributed by atoms with Crippen molar-refractivity contribution in [1.82, 2.24) is 0 Å². The smallest absolute Gasteiger partial charge is 0.347 e. The first-order valence-electron chi connectivity index (χ1n) is 8.44. The highest BCUT2D eigenvalue weighted by molar-refractivity contribution is 9.10. The van der Waals surface area contributed by atoms with E-state index in [-0.39, 0.29) is 12.2 Å². The van der Waals surface area contributed by atoms with E-state index in [0.717, 1.165) is 12.8 Å². The van der Waals surface area contributed by atoms with Gasteiger partial charge < -0.3 is 19.3 Å². The van der Waals surface area contributed by atoms with Gasteiger partial charge in [-0.1, -0.05) is 31.5 Å². The summed E-state index contributed by atoms with van der Waals surface area (Å²) in [6, 6.07) is 8.84. The summed E-state index contributed by atoms with van der Waals surface area (Å²) in [5.74, 6) is 0.699. The van der Waals surface area contributed by atoms with Crippen molar-refractivity contribution < 1.29 is 24.1 Å². The minimum atomic E-state index is -0.538. The van der Waals surface area contributed by atoms with Gasteiger partial charge in [0.15, 0.2) is 0 Å². The van der Waals surface area contributed by atoms with Crippen molar-refractivity contribution in [3.8, 4) is 17.2 Å². The summed E-state index contributed by atoms with van der Waals surface area (Å²) in [5, 5.41) is 9.73. The van der Waals surface area contributed by atoms with Crippen LogP contribution < -0.4 is 14.2 Å². The standard InChI is InChI=1S/C20H23BrO5/c1-4-5-11-25-19-16(20(23)26-14-9-7-6-8-10-14)13(2)18(24-3)15(12-22)17(19)21/h6-10,22H,4-5,11-12H2,1-3H3. The van der Waals surface area contributed by atoms with Crippen LogP contribution in [-0.2, 0) is 6.61 Å². The maximum atomic E-state index is 12.9. The van der Waals surface area contributed by atoms with Gasteiger partial charge in [-0.15, -0.1) is 0 Å². The zero-order chi connectivity index (χ0) is 19.1. The Morgan fingerprint density at radius 2 is 1.88 bits per heavy atom. The summed E-state index contributed by atoms with van der Waals surface area (Å²) in [6.45, 7) is 4.01. The summed E-state index contributed by atoms with van der Waals surface area (Å²) in [5.41, 5.74) is 1.38. The Balaban J connectivity index is 2.53. The maximum absolute atomic E-state index is 12.9. The molecule has 0 amide bonds. The number of carbonyl (C=O) groups is 1. The molecule has 0 unspecified atom stereocenters. The quantitative estimate of drug-likeness (QED) is 0.380. The molecular formula is C20H23BrO5. The molecule has 0 saturated heterocycles. The summed E-state index contributed by atoms with van der Waals surface area (Å²) in [7, 11) is 1.50. The lowest BCUT2D eigenvalue weighted by molar-refractivity contribution is 0.0728. The van der Waals surface area contributed by atoms with Gasteiger partial charge in [-0.05, 0) is 41.4 Å². The minimum Gasteiger partial charge on any atom is -0.496 e. The molecular weight excluding hydrogens is 400 g/mol. The van der Waals surface area contributed by atoms with Crippen LogP contribution in [0, 0.1) is 6.92 Å². The number of halogens is 1. The predicted octanol–water partition coefficient (Wildman–Crippen LogP) is 4.66. The Morgan fingerprint density at radius 3 is 2.46 bits per heavy atom. The lowest BCUT2D eigenvalue weighted by Gasteiger charge is -2.20. The van der Waals surface area contributed by atoms with Crippen molar-refractivity contribution in [2.45, 2.75) is 33.3 Å². The normalized spacial score (nSPS) is 10.5. The molecule has 0 aliphatic heterocycles. The fourth-order valence-electron chi connectivity index (χ4n) is 2.62. The predicted molar refractivity (Wildman–Crippen MR) is 103 cm³/mol. The lowest BCUT2D eigenvalue weighted by Crippen LogP contribution is -2.15. The molecule has 0 aliphatic rings. The fourth-order valence-corrected chi connectivity index (χ4v) is 3.24. The zero-order valence-electron chi connectivity index (χ0n) is 15.2. The summed E-state index contributed by atoms with van der Waals surface area (Å²) < 4.78 is 17.3. The number of unbranched alkanes of at least 4 members (excludes halogenated alkanes) is 1. The molecule has 2 aromatic carbocycles. The van der Waals surface area contributed by atoms with Gasteiger partial charge in [0.1, 0.15) is 22.8 Å². The number of rotatable bonds is 8. The summed E-state index contributed by atoms with van der Waals surface area (Å²) in [4.78, 5) is 12.9. The van der Waals surface area contributed by atoms with Gasteiger partial charge in [0.2, 0.25) is 0 Å². The van der Waals surface area contributed by atoms with E-state index in [1.807, 2.05) is 6.07 Å². The molecule has 0 heterocycles. The van der Waals surface area contributed by atoms with Gasteiger partial charge in [0.05, 0.1) is 24.8 Å². The molecule has 0 radical (unpaired) electrons. The van der Waals surface area contributed by atoms with E-state index >= 15 is 0 Å². The molecule has 0 saturated carbocycles. The average molecular weight is 423 g/mol. The van der Waals surface area contributed by atoms with Crippen LogP contribution in [0.5, 0.6) is 17.2 Å². The van der Waals surface area contributed by atoms with Crippen LogP contribution in [0.2, 0.25) is 0 Å². The van der Waals surface area contributed by atoms with Crippen LogP contribution in [0.4, 0.5) is 0 Å². The van der Waals surface area contributed by atoms with Gasteiger partial charge in [0.25, 0.3) is 0 Å². The second-order valence-electron chi connectivity index (χ2n) is 5.72. The van der Waals surface area contributed by atoms with Gasteiger partial charge >= 0.3 is 5.97 Å². The number of aliphatic hydroxyl groups is 1. The number of ether oxygens (including phenoxy) is 3. The number of methoxy groups -OCH3 is 1. The zero-order valence-corrected chi connectivity index (χ0v) is 16.8. The van der Waals surface area contributed by atoms with Gasteiger partial charge in [0, 0.05) is 11.1 Å². The van der Waals surface area contributed by atoms with E-state index < -0.39 is 5.97 Å². The molecule has 0 aromatic heterocycles. The average Bonchev–Trinajstić information content (AvgIpc) is 2.64. The van der Waals surface area contributed by atoms with Crippen LogP contribution in [-0.4, -0.2) is 24.8 Å². The Hall–Kier alpha value is -2.05. The number of esters is 1. The van der Waals surface area contributed by atoms with E-state index in [1.165, 1.54) is 7.11 Å². The minimum absolute atomic E-state index is 0.247. The van der Waals surface area contributed by atoms with Crippen molar-refractivity contribution >= 4 is 21.9 Å². The van der Waals surface area contributed by atoms with E-state index in [9.17, 15) is 9.90 Å². The van der Waals surface area contributed by atoms with Crippen molar-refractivity contribution in [3.63, 3.8) is 0 Å². The van der Waals surface area contributed by atoms with E-state index in [0.29, 0.717) is 39.5 Å². The molecule has 26 heavy (non-hydrogen) atoms. The second kappa shape index (κ2) is 9.59. The molecule has 5 nitrogen and oxygen atoms in total. The van der Waals surface area contributed by atoms with Crippen LogP contribution in [0.15, 0.2) is 34.8 Å². The number of hydrogen-bond acceptors (Lipinski definition) is 5. The largest absolute Gasteiger partial charge is 0.496 e. The number of aliphatic hydroxyl groups excluding tert-OH is 1. The fraction of sp³-hybridized carbons (Fsp3) is 0.350. The van der Waals surface area contributed by atoms with E-state index in [2.05, 4.69) is 22.9 Å². The monoisotopic (exact) mass is 422 g/mol. The molecule has 0 spiro atoms. The molecule has 0 atom stereocenters. The Kier molecular flexibility index (Phi) is 7.48. The number of para-hydroxylation sites is 1. The van der Waals surface area contributed by atoms with Crippen molar-refractivity contribution in [3.05, 3.63) is 51.5 Å². The third kappa shape index (κ3) is 4.37. The molecule has 140 valence electrons. The highest BCUT2D eigenvalue weighted by atomic mass is 79.9. The van der Waals surface area contributed by atoms with Gasteiger partial charge in [-0.2, -0.15) is 0 Å². The third-order valence-corrected chi connectivity index (χ3v) is 4.78. The second-order valence-corrected chi connectivity index (χ2v) is 6.51. The van der Waals surface area contributed by atoms with Gasteiger partial charge in [-0.25, -0.2) is 4.79 Å². The lowest BCUT2D eigenvalue weighted by atomic mass is 10.0. The maximum Gasteiger partial charge on any atom is 0.347 e. The summed E-state index contributed by atoms with van der Waals surface area (Å²) in [6.07, 6.45) is 1.81. The SMILES string of the molecule is CCCCOc1c(Br)c(CO)c(OC)c(C)c1C(=O)Oc1ccccc1. The van der Waals surface area contributed by atoms with Crippen LogP contribution >= 0.6 is 15.9 Å². The third-order valence-electron chi connectivity index (χ3n) is 3.95. The molecule has 2 rings (SSSR count). The van der Waals surface area contributed by atoms with E-state index in [1.54, 1.807) is 31.2 Å². The number of carbonyl (C=O) groups excluding carboxylic acids is 1. The number of benzene rings is 2. The highest BCUT2D eigenvalue weighted by Crippen LogP contribution is 2.42. The Morgan fingerprint density at radius 1 is 1.19 bits per heavy atom. The molecule has 2 aromatic rings. The van der Waals surface area contributed by atoms with Crippen molar-refractivity contribution in [2.24, 2.45) is 0 Å². The Bertz CT molecular complexity index is 759.